The lowest BCUT2D eigenvalue weighted by Crippen LogP contribution is -2.29. The summed E-state index contributed by atoms with van der Waals surface area (Å²) in [5.41, 5.74) is 1.51. The lowest BCUT2D eigenvalue weighted by molar-refractivity contribution is -0.121. The van der Waals surface area contributed by atoms with E-state index < -0.39 is 5.63 Å². The summed E-state index contributed by atoms with van der Waals surface area (Å²) in [4.78, 5) is 24.7. The molecule has 2 aromatic carbocycles. The third kappa shape index (κ3) is 3.71. The molecule has 154 valence electrons. The number of nitrogens with one attached hydrogen (secondary N) is 1. The minimum Gasteiger partial charge on any atom is -0.497 e. The Kier molecular flexibility index (Phi) is 5.38. The molecule has 0 radical (unpaired) electrons. The molecule has 4 rings (SSSR count). The number of methoxy groups -OCH3 is 2. The number of benzene rings is 2. The van der Waals surface area contributed by atoms with Gasteiger partial charge in [-0.05, 0) is 42.3 Å². The van der Waals surface area contributed by atoms with Crippen molar-refractivity contribution in [1.29, 1.82) is 0 Å². The summed E-state index contributed by atoms with van der Waals surface area (Å²) >= 11 is 0. The number of hydrogen-bond acceptors (Lipinski definition) is 6. The smallest absolute Gasteiger partial charge is 0.347 e. The van der Waals surface area contributed by atoms with Gasteiger partial charge in [-0.15, -0.1) is 0 Å². The third-order valence-electron chi connectivity index (χ3n) is 4.90. The van der Waals surface area contributed by atoms with Gasteiger partial charge in [-0.3, -0.25) is 9.48 Å². The van der Waals surface area contributed by atoms with Crippen LogP contribution in [0, 0.1) is 0 Å². The van der Waals surface area contributed by atoms with Crippen molar-refractivity contribution >= 4 is 27.8 Å². The maximum Gasteiger partial charge on any atom is 0.347 e. The largest absolute Gasteiger partial charge is 0.497 e. The second-order valence-electron chi connectivity index (χ2n) is 6.73. The molecule has 0 aliphatic rings. The Morgan fingerprint density at radius 2 is 1.97 bits per heavy atom. The average Bonchev–Trinajstić information content (AvgIpc) is 3.18. The maximum absolute atomic E-state index is 12.5. The normalized spacial score (nSPS) is 11.0. The molecule has 0 saturated heterocycles. The molecule has 0 aliphatic carbocycles. The maximum atomic E-state index is 12.5. The first-order valence-electron chi connectivity index (χ1n) is 9.45. The van der Waals surface area contributed by atoms with Crippen molar-refractivity contribution in [2.75, 3.05) is 20.8 Å². The van der Waals surface area contributed by atoms with Crippen LogP contribution in [0.3, 0.4) is 0 Å². The van der Waals surface area contributed by atoms with Crippen LogP contribution in [-0.4, -0.2) is 36.5 Å². The second-order valence-corrected chi connectivity index (χ2v) is 6.73. The van der Waals surface area contributed by atoms with Crippen molar-refractivity contribution in [2.24, 2.45) is 0 Å². The third-order valence-corrected chi connectivity index (χ3v) is 4.90. The Balaban J connectivity index is 1.49. The molecule has 0 unspecified atom stereocenters. The summed E-state index contributed by atoms with van der Waals surface area (Å²) in [7, 11) is 3.21. The van der Waals surface area contributed by atoms with E-state index in [4.69, 9.17) is 13.9 Å². The van der Waals surface area contributed by atoms with Gasteiger partial charge in [-0.2, -0.15) is 5.10 Å². The molecule has 8 heteroatoms. The van der Waals surface area contributed by atoms with Crippen molar-refractivity contribution in [3.8, 4) is 11.5 Å². The number of carbonyl (C=O) groups is 1. The average molecular weight is 407 g/mol. The van der Waals surface area contributed by atoms with Crippen molar-refractivity contribution < 1.29 is 18.7 Å². The fraction of sp³-hybridized carbons (Fsp3) is 0.227. The lowest BCUT2D eigenvalue weighted by atomic mass is 10.1. The van der Waals surface area contributed by atoms with E-state index in [-0.39, 0.29) is 12.5 Å². The minimum atomic E-state index is -0.472. The monoisotopic (exact) mass is 407 g/mol. The molecule has 0 aliphatic heterocycles. The standard InChI is InChI=1S/C22H21N3O5/c1-28-15-7-8-18(29-2)14(11-15)9-10-23-20(26)13-25-21-16-5-3-4-6-19(16)30-22(27)17(21)12-24-25/h3-8,11-12H,9-10,13H2,1-2H3,(H,23,26). The van der Waals surface area contributed by atoms with Crippen LogP contribution >= 0.6 is 0 Å². The van der Waals surface area contributed by atoms with Crippen LogP contribution in [-0.2, 0) is 17.8 Å². The van der Waals surface area contributed by atoms with E-state index in [0.717, 1.165) is 22.4 Å². The second kappa shape index (κ2) is 8.28. The van der Waals surface area contributed by atoms with Crippen LogP contribution in [0.5, 0.6) is 11.5 Å². The van der Waals surface area contributed by atoms with E-state index in [0.29, 0.717) is 29.5 Å². The molecular formula is C22H21N3O5. The molecule has 2 aromatic heterocycles. The fourth-order valence-corrected chi connectivity index (χ4v) is 3.45. The van der Waals surface area contributed by atoms with E-state index in [1.54, 1.807) is 26.4 Å². The van der Waals surface area contributed by atoms with Gasteiger partial charge in [0.05, 0.1) is 25.9 Å². The van der Waals surface area contributed by atoms with Crippen LogP contribution in [0.4, 0.5) is 0 Å². The first kappa shape index (κ1) is 19.5. The van der Waals surface area contributed by atoms with Gasteiger partial charge in [-0.1, -0.05) is 12.1 Å². The summed E-state index contributed by atoms with van der Waals surface area (Å²) < 4.78 is 17.5. The zero-order valence-electron chi connectivity index (χ0n) is 16.7. The summed E-state index contributed by atoms with van der Waals surface area (Å²) in [5, 5.41) is 8.19. The topological polar surface area (TPSA) is 95.6 Å². The Bertz CT molecular complexity index is 1270. The number of amides is 1. The number of ether oxygens (including phenoxy) is 2. The number of hydrogen-bond donors (Lipinski definition) is 1. The van der Waals surface area contributed by atoms with Crippen LogP contribution in [0.2, 0.25) is 0 Å². The highest BCUT2D eigenvalue weighted by Gasteiger charge is 2.15. The number of fused-ring (bicyclic) bond motifs is 3. The molecule has 8 nitrogen and oxygen atoms in total. The highest BCUT2D eigenvalue weighted by atomic mass is 16.5. The molecule has 30 heavy (non-hydrogen) atoms. The lowest BCUT2D eigenvalue weighted by Gasteiger charge is -2.11. The zero-order chi connectivity index (χ0) is 21.1. The number of para-hydroxylation sites is 1. The molecule has 0 saturated carbocycles. The van der Waals surface area contributed by atoms with E-state index in [9.17, 15) is 9.59 Å². The Hall–Kier alpha value is -3.81. The Labute approximate surface area is 172 Å². The van der Waals surface area contributed by atoms with Crippen LogP contribution in [0.15, 0.2) is 57.9 Å². The van der Waals surface area contributed by atoms with Crippen molar-refractivity contribution in [3.63, 3.8) is 0 Å². The summed E-state index contributed by atoms with van der Waals surface area (Å²) in [6.07, 6.45) is 2.01. The van der Waals surface area contributed by atoms with Gasteiger partial charge in [0.1, 0.15) is 29.0 Å². The van der Waals surface area contributed by atoms with Gasteiger partial charge in [0, 0.05) is 11.9 Å². The van der Waals surface area contributed by atoms with Crippen LogP contribution in [0.1, 0.15) is 5.56 Å². The number of carbonyl (C=O) groups excluding carboxylic acids is 1. The van der Waals surface area contributed by atoms with Gasteiger partial charge < -0.3 is 19.2 Å². The van der Waals surface area contributed by atoms with Gasteiger partial charge >= 0.3 is 5.63 Å². The summed E-state index contributed by atoms with van der Waals surface area (Å²) in [5.74, 6) is 1.26. The van der Waals surface area contributed by atoms with Gasteiger partial charge in [0.25, 0.3) is 0 Å². The fourth-order valence-electron chi connectivity index (χ4n) is 3.45. The first-order valence-corrected chi connectivity index (χ1v) is 9.45. The molecule has 2 heterocycles. The highest BCUT2D eigenvalue weighted by molar-refractivity contribution is 6.02. The Morgan fingerprint density at radius 3 is 2.77 bits per heavy atom. The molecule has 0 atom stereocenters. The molecule has 0 spiro atoms. The molecule has 1 N–H and O–H groups in total. The SMILES string of the molecule is COc1ccc(OC)c(CCNC(=O)Cn2ncc3c(=O)oc4ccccc4c32)c1. The van der Waals surface area contributed by atoms with Crippen LogP contribution < -0.4 is 20.4 Å². The molecule has 0 fully saturated rings. The number of aromatic nitrogens is 2. The van der Waals surface area contributed by atoms with E-state index >= 15 is 0 Å². The summed E-state index contributed by atoms with van der Waals surface area (Å²) in [6.45, 7) is 0.413. The highest BCUT2D eigenvalue weighted by Crippen LogP contribution is 2.24. The zero-order valence-corrected chi connectivity index (χ0v) is 16.7. The first-order chi connectivity index (χ1) is 14.6. The van der Waals surface area contributed by atoms with Crippen molar-refractivity contribution in [1.82, 2.24) is 15.1 Å². The quantitative estimate of drug-likeness (QED) is 0.473. The van der Waals surface area contributed by atoms with Gasteiger partial charge in [0.15, 0.2) is 0 Å². The van der Waals surface area contributed by atoms with Crippen LogP contribution in [0.25, 0.3) is 21.9 Å². The molecular weight excluding hydrogens is 386 g/mol. The Morgan fingerprint density at radius 1 is 1.13 bits per heavy atom. The molecule has 4 aromatic rings. The molecule has 1 amide bonds. The number of nitrogens with zero attached hydrogens (tertiary/aromatic N) is 2. The number of rotatable bonds is 7. The van der Waals surface area contributed by atoms with E-state index in [1.807, 2.05) is 30.3 Å². The predicted molar refractivity (Wildman–Crippen MR) is 112 cm³/mol. The van der Waals surface area contributed by atoms with Gasteiger partial charge in [0.2, 0.25) is 5.91 Å². The molecule has 0 bridgehead atoms. The summed E-state index contributed by atoms with van der Waals surface area (Å²) in [6, 6.07) is 12.7. The minimum absolute atomic E-state index is 0.00774. The van der Waals surface area contributed by atoms with Gasteiger partial charge in [-0.25, -0.2) is 4.79 Å². The van der Waals surface area contributed by atoms with Crippen molar-refractivity contribution in [3.05, 3.63) is 64.6 Å². The van der Waals surface area contributed by atoms with Crippen molar-refractivity contribution in [2.45, 2.75) is 13.0 Å². The van der Waals surface area contributed by atoms with E-state index in [2.05, 4.69) is 10.4 Å². The van der Waals surface area contributed by atoms with E-state index in [1.165, 1.54) is 10.9 Å². The predicted octanol–water partition coefficient (Wildman–Crippen LogP) is 2.52.